The van der Waals surface area contributed by atoms with Crippen LogP contribution in [0.3, 0.4) is 0 Å². The Kier molecular flexibility index (Phi) is 7.31. The molecule has 6 heteroatoms. The molecular formula is C18H28N4OS. The zero-order chi connectivity index (χ0) is 17.4. The van der Waals surface area contributed by atoms with Crippen LogP contribution in [0.4, 0.5) is 0 Å². The molecule has 0 aliphatic heterocycles. The zero-order valence-corrected chi connectivity index (χ0v) is 15.9. The Morgan fingerprint density at radius 1 is 1.38 bits per heavy atom. The summed E-state index contributed by atoms with van der Waals surface area (Å²) in [6.07, 6.45) is 1.99. The van der Waals surface area contributed by atoms with Crippen molar-refractivity contribution in [2.24, 2.45) is 4.99 Å². The lowest BCUT2D eigenvalue weighted by Crippen LogP contribution is -2.38. The molecule has 0 fully saturated rings. The maximum Gasteiger partial charge on any atom is 0.191 e. The Hall–Kier alpha value is -1.82. The minimum Gasteiger partial charge on any atom is -0.361 e. The summed E-state index contributed by atoms with van der Waals surface area (Å²) in [7, 11) is 0. The van der Waals surface area contributed by atoms with Crippen molar-refractivity contribution in [3.63, 3.8) is 0 Å². The predicted octanol–water partition coefficient (Wildman–Crippen LogP) is 3.64. The summed E-state index contributed by atoms with van der Waals surface area (Å²) in [6, 6.07) is 4.27. The van der Waals surface area contributed by atoms with E-state index in [-0.39, 0.29) is 0 Å². The van der Waals surface area contributed by atoms with Crippen molar-refractivity contribution < 1.29 is 4.52 Å². The molecule has 24 heavy (non-hydrogen) atoms. The summed E-state index contributed by atoms with van der Waals surface area (Å²) in [6.45, 7) is 10.8. The fraction of sp³-hybridized carbons (Fsp3) is 0.556. The number of aliphatic imine (C=N–C) groups is 1. The molecule has 2 rings (SSSR count). The van der Waals surface area contributed by atoms with Gasteiger partial charge in [0.05, 0.1) is 12.2 Å². The van der Waals surface area contributed by atoms with Gasteiger partial charge in [-0.05, 0) is 45.1 Å². The lowest BCUT2D eigenvalue weighted by Gasteiger charge is -2.13. The van der Waals surface area contributed by atoms with Crippen LogP contribution in [0.2, 0.25) is 0 Å². The van der Waals surface area contributed by atoms with E-state index >= 15 is 0 Å². The van der Waals surface area contributed by atoms with E-state index in [1.54, 1.807) is 11.3 Å². The normalized spacial score (nSPS) is 13.1. The van der Waals surface area contributed by atoms with Crippen molar-refractivity contribution >= 4 is 17.3 Å². The molecule has 5 nitrogen and oxygen atoms in total. The minimum atomic E-state index is 0.447. The number of hydrogen-bond acceptors (Lipinski definition) is 4. The molecule has 2 heterocycles. The molecule has 0 aliphatic rings. The molecule has 0 aromatic carbocycles. The van der Waals surface area contributed by atoms with E-state index in [0.717, 1.165) is 49.9 Å². The number of nitrogens with zero attached hydrogens (tertiary/aromatic N) is 2. The largest absolute Gasteiger partial charge is 0.361 e. The predicted molar refractivity (Wildman–Crippen MR) is 101 cm³/mol. The second-order valence-corrected chi connectivity index (χ2v) is 6.95. The molecule has 0 radical (unpaired) electrons. The summed E-state index contributed by atoms with van der Waals surface area (Å²) in [5.74, 6) is 2.26. The Labute approximate surface area is 148 Å². The zero-order valence-electron chi connectivity index (χ0n) is 15.1. The summed E-state index contributed by atoms with van der Waals surface area (Å²) in [4.78, 5) is 6.09. The van der Waals surface area contributed by atoms with Crippen LogP contribution in [0.25, 0.3) is 0 Å². The third-order valence-corrected chi connectivity index (χ3v) is 5.08. The summed E-state index contributed by atoms with van der Waals surface area (Å²) < 4.78 is 5.21. The molecule has 0 saturated carbocycles. The third-order valence-electron chi connectivity index (χ3n) is 3.97. The van der Waals surface area contributed by atoms with Crippen LogP contribution in [0.15, 0.2) is 27.0 Å². The first-order valence-electron chi connectivity index (χ1n) is 8.59. The third kappa shape index (κ3) is 5.37. The number of aryl methyl sites for hydroxylation is 2. The molecule has 1 atom stereocenters. The van der Waals surface area contributed by atoms with Gasteiger partial charge in [0.25, 0.3) is 0 Å². The SMILES string of the molecule is CCNC(=NCC(C)c1cccs1)NCCCc1c(C)noc1C. The smallest absolute Gasteiger partial charge is 0.191 e. The van der Waals surface area contributed by atoms with Crippen LogP contribution < -0.4 is 10.6 Å². The summed E-state index contributed by atoms with van der Waals surface area (Å²) in [5, 5.41) is 12.8. The van der Waals surface area contributed by atoms with Crippen molar-refractivity contribution in [3.05, 3.63) is 39.4 Å². The Morgan fingerprint density at radius 2 is 2.21 bits per heavy atom. The van der Waals surface area contributed by atoms with E-state index in [2.05, 4.69) is 47.2 Å². The molecule has 0 aliphatic carbocycles. The van der Waals surface area contributed by atoms with Gasteiger partial charge in [-0.2, -0.15) is 0 Å². The monoisotopic (exact) mass is 348 g/mol. The molecular weight excluding hydrogens is 320 g/mol. The van der Waals surface area contributed by atoms with E-state index in [1.165, 1.54) is 10.4 Å². The molecule has 132 valence electrons. The fourth-order valence-corrected chi connectivity index (χ4v) is 3.34. The Balaban J connectivity index is 1.79. The number of guanidine groups is 1. The first-order chi connectivity index (χ1) is 11.6. The Bertz CT molecular complexity index is 614. The maximum absolute atomic E-state index is 5.21. The van der Waals surface area contributed by atoms with E-state index in [4.69, 9.17) is 9.52 Å². The van der Waals surface area contributed by atoms with Gasteiger partial charge >= 0.3 is 0 Å². The van der Waals surface area contributed by atoms with Crippen molar-refractivity contribution in [2.75, 3.05) is 19.6 Å². The molecule has 0 saturated heterocycles. The van der Waals surface area contributed by atoms with Gasteiger partial charge in [-0.1, -0.05) is 18.1 Å². The van der Waals surface area contributed by atoms with Gasteiger partial charge in [0.15, 0.2) is 5.96 Å². The number of nitrogens with one attached hydrogen (secondary N) is 2. The van der Waals surface area contributed by atoms with Crippen molar-refractivity contribution in [2.45, 2.75) is 46.5 Å². The molecule has 1 unspecified atom stereocenters. The average Bonchev–Trinajstić information content (AvgIpc) is 3.20. The van der Waals surface area contributed by atoms with Crippen molar-refractivity contribution in [3.8, 4) is 0 Å². The number of hydrogen-bond donors (Lipinski definition) is 2. The van der Waals surface area contributed by atoms with Crippen LogP contribution in [-0.4, -0.2) is 30.8 Å². The molecule has 2 aromatic heterocycles. The molecule has 0 bridgehead atoms. The quantitative estimate of drug-likeness (QED) is 0.434. The van der Waals surface area contributed by atoms with Crippen LogP contribution in [0.1, 0.15) is 48.1 Å². The van der Waals surface area contributed by atoms with E-state index in [1.807, 2.05) is 13.8 Å². The van der Waals surface area contributed by atoms with Gasteiger partial charge in [0.1, 0.15) is 5.76 Å². The Morgan fingerprint density at radius 3 is 2.83 bits per heavy atom. The van der Waals surface area contributed by atoms with Crippen LogP contribution in [0.5, 0.6) is 0 Å². The maximum atomic E-state index is 5.21. The van der Waals surface area contributed by atoms with Gasteiger partial charge in [0, 0.05) is 29.4 Å². The average molecular weight is 349 g/mol. The second-order valence-electron chi connectivity index (χ2n) is 5.97. The topological polar surface area (TPSA) is 62.5 Å². The first kappa shape index (κ1) is 18.5. The molecule has 2 aromatic rings. The standard InChI is InChI=1S/C18H28N4OS/c1-5-19-18(21-12-13(2)17-9-7-11-24-17)20-10-6-8-16-14(3)22-23-15(16)4/h7,9,11,13H,5-6,8,10,12H2,1-4H3,(H2,19,20,21). The number of thiophene rings is 1. The van der Waals surface area contributed by atoms with Gasteiger partial charge in [-0.15, -0.1) is 11.3 Å². The highest BCUT2D eigenvalue weighted by Crippen LogP contribution is 2.20. The molecule has 0 amide bonds. The van der Waals surface area contributed by atoms with Crippen molar-refractivity contribution in [1.29, 1.82) is 0 Å². The van der Waals surface area contributed by atoms with E-state index < -0.39 is 0 Å². The van der Waals surface area contributed by atoms with E-state index in [0.29, 0.717) is 5.92 Å². The van der Waals surface area contributed by atoms with E-state index in [9.17, 15) is 0 Å². The van der Waals surface area contributed by atoms with Gasteiger partial charge < -0.3 is 15.2 Å². The summed E-state index contributed by atoms with van der Waals surface area (Å²) in [5.41, 5.74) is 2.22. The highest BCUT2D eigenvalue weighted by atomic mass is 32.1. The lowest BCUT2D eigenvalue weighted by molar-refractivity contribution is 0.392. The highest BCUT2D eigenvalue weighted by Gasteiger charge is 2.09. The first-order valence-corrected chi connectivity index (χ1v) is 9.47. The highest BCUT2D eigenvalue weighted by molar-refractivity contribution is 7.10. The summed E-state index contributed by atoms with van der Waals surface area (Å²) >= 11 is 1.79. The number of aromatic nitrogens is 1. The van der Waals surface area contributed by atoms with Crippen LogP contribution in [0, 0.1) is 13.8 Å². The fourth-order valence-electron chi connectivity index (χ4n) is 2.56. The molecule has 2 N–H and O–H groups in total. The van der Waals surface area contributed by atoms with Gasteiger partial charge in [0.2, 0.25) is 0 Å². The van der Waals surface area contributed by atoms with Gasteiger partial charge in [-0.25, -0.2) is 0 Å². The van der Waals surface area contributed by atoms with Crippen LogP contribution in [-0.2, 0) is 6.42 Å². The number of rotatable bonds is 8. The second kappa shape index (κ2) is 9.47. The van der Waals surface area contributed by atoms with Crippen molar-refractivity contribution in [1.82, 2.24) is 15.8 Å². The minimum absolute atomic E-state index is 0.447. The molecule has 0 spiro atoms. The lowest BCUT2D eigenvalue weighted by atomic mass is 10.1. The van der Waals surface area contributed by atoms with Crippen LogP contribution >= 0.6 is 11.3 Å². The van der Waals surface area contributed by atoms with Gasteiger partial charge in [-0.3, -0.25) is 4.99 Å².